The van der Waals surface area contributed by atoms with Crippen LogP contribution in [-0.4, -0.2) is 22.4 Å². The molecule has 8 heteroatoms. The summed E-state index contributed by atoms with van der Waals surface area (Å²) in [6.07, 6.45) is 1.88. The molecule has 1 aliphatic rings. The van der Waals surface area contributed by atoms with Gasteiger partial charge in [-0.25, -0.2) is 4.79 Å². The van der Waals surface area contributed by atoms with Crippen molar-refractivity contribution in [3.8, 4) is 0 Å². The Kier molecular flexibility index (Phi) is 4.49. The third-order valence-corrected chi connectivity index (χ3v) is 4.86. The maximum Gasteiger partial charge on any atom is 0.322 e. The molecule has 6 nitrogen and oxygen atoms in total. The third-order valence-electron chi connectivity index (χ3n) is 3.85. The van der Waals surface area contributed by atoms with Crippen LogP contribution in [0.3, 0.4) is 0 Å². The van der Waals surface area contributed by atoms with Crippen LogP contribution in [0.4, 0.5) is 16.2 Å². The van der Waals surface area contributed by atoms with E-state index >= 15 is 0 Å². The summed E-state index contributed by atoms with van der Waals surface area (Å²) >= 11 is 7.63. The zero-order chi connectivity index (χ0) is 16.4. The number of non-ortho nitro benzene ring substituents is 1. The first-order chi connectivity index (χ1) is 11.1. The molecular weight excluding hydrogens is 338 g/mol. The van der Waals surface area contributed by atoms with E-state index in [9.17, 15) is 14.9 Å². The van der Waals surface area contributed by atoms with Crippen molar-refractivity contribution in [1.82, 2.24) is 4.90 Å². The number of nitro benzene ring substituents is 1. The number of halogens is 1. The van der Waals surface area contributed by atoms with Crippen molar-refractivity contribution in [2.45, 2.75) is 18.9 Å². The molecule has 0 spiro atoms. The SMILES string of the molecule is O=C(Nc1ccc([N+](=O)[O-])cc1Cl)N1CCC[C@@H]1c1ccsc1. The lowest BCUT2D eigenvalue weighted by molar-refractivity contribution is -0.384. The van der Waals surface area contributed by atoms with Crippen LogP contribution in [0.5, 0.6) is 0 Å². The van der Waals surface area contributed by atoms with Gasteiger partial charge in [0.05, 0.1) is 21.7 Å². The van der Waals surface area contributed by atoms with E-state index in [0.29, 0.717) is 12.2 Å². The molecule has 0 aliphatic carbocycles. The number of likely N-dealkylation sites (tertiary alicyclic amines) is 1. The molecule has 1 aromatic carbocycles. The number of thiophene rings is 1. The average molecular weight is 352 g/mol. The standard InChI is InChI=1S/C15H14ClN3O3S/c16-12-8-11(19(21)22)3-4-13(12)17-15(20)18-6-1-2-14(18)10-5-7-23-9-10/h3-5,7-9,14H,1-2,6H2,(H,17,20)/t14-/m1/s1. The minimum Gasteiger partial charge on any atom is -0.317 e. The molecule has 2 amide bonds. The highest BCUT2D eigenvalue weighted by molar-refractivity contribution is 7.08. The van der Waals surface area contributed by atoms with Gasteiger partial charge < -0.3 is 10.2 Å². The van der Waals surface area contributed by atoms with Crippen molar-refractivity contribution in [2.24, 2.45) is 0 Å². The van der Waals surface area contributed by atoms with Gasteiger partial charge in [-0.1, -0.05) is 11.6 Å². The Labute approximate surface area is 141 Å². The molecule has 1 N–H and O–H groups in total. The number of anilines is 1. The second kappa shape index (κ2) is 6.55. The molecule has 1 aliphatic heterocycles. The van der Waals surface area contributed by atoms with Crippen molar-refractivity contribution in [1.29, 1.82) is 0 Å². The number of nitrogens with zero attached hydrogens (tertiary/aromatic N) is 2. The van der Waals surface area contributed by atoms with Gasteiger partial charge in [-0.2, -0.15) is 11.3 Å². The molecule has 2 heterocycles. The molecule has 0 bridgehead atoms. The molecule has 0 saturated carbocycles. The van der Waals surface area contributed by atoms with Crippen LogP contribution in [0.25, 0.3) is 0 Å². The van der Waals surface area contributed by atoms with Crippen LogP contribution >= 0.6 is 22.9 Å². The molecule has 1 saturated heterocycles. The van der Waals surface area contributed by atoms with E-state index < -0.39 is 4.92 Å². The number of rotatable bonds is 3. The third kappa shape index (κ3) is 3.30. The predicted molar refractivity (Wildman–Crippen MR) is 90.1 cm³/mol. The molecule has 1 fully saturated rings. The number of benzene rings is 1. The molecule has 2 aromatic rings. The normalized spacial score (nSPS) is 17.3. The van der Waals surface area contributed by atoms with Crippen LogP contribution in [-0.2, 0) is 0 Å². The summed E-state index contributed by atoms with van der Waals surface area (Å²) in [5, 5.41) is 17.7. The van der Waals surface area contributed by atoms with Crippen molar-refractivity contribution >= 4 is 40.3 Å². The number of hydrogen-bond acceptors (Lipinski definition) is 4. The van der Waals surface area contributed by atoms with Crippen LogP contribution in [0.15, 0.2) is 35.0 Å². The predicted octanol–water partition coefficient (Wildman–Crippen LogP) is 4.68. The van der Waals surface area contributed by atoms with E-state index in [2.05, 4.69) is 10.7 Å². The molecule has 0 radical (unpaired) electrons. The van der Waals surface area contributed by atoms with Gasteiger partial charge in [0.1, 0.15) is 0 Å². The summed E-state index contributed by atoms with van der Waals surface area (Å²) in [5.74, 6) is 0. The van der Waals surface area contributed by atoms with E-state index in [1.54, 1.807) is 16.2 Å². The second-order valence-electron chi connectivity index (χ2n) is 5.26. The van der Waals surface area contributed by atoms with Crippen molar-refractivity contribution in [3.63, 3.8) is 0 Å². The number of amides is 2. The van der Waals surface area contributed by atoms with Crippen LogP contribution < -0.4 is 5.32 Å². The summed E-state index contributed by atoms with van der Waals surface area (Å²) in [4.78, 5) is 24.5. The van der Waals surface area contributed by atoms with Gasteiger partial charge in [-0.05, 0) is 41.3 Å². The summed E-state index contributed by atoms with van der Waals surface area (Å²) in [6.45, 7) is 0.678. The summed E-state index contributed by atoms with van der Waals surface area (Å²) < 4.78 is 0. The summed E-state index contributed by atoms with van der Waals surface area (Å²) in [5.41, 5.74) is 1.40. The zero-order valence-electron chi connectivity index (χ0n) is 12.1. The smallest absolute Gasteiger partial charge is 0.317 e. The van der Waals surface area contributed by atoms with E-state index in [4.69, 9.17) is 11.6 Å². The van der Waals surface area contributed by atoms with Crippen molar-refractivity contribution in [3.05, 3.63) is 55.7 Å². The highest BCUT2D eigenvalue weighted by Crippen LogP contribution is 2.34. The molecule has 3 rings (SSSR count). The number of urea groups is 1. The molecule has 1 atom stereocenters. The van der Waals surface area contributed by atoms with Gasteiger partial charge in [0.25, 0.3) is 5.69 Å². The summed E-state index contributed by atoms with van der Waals surface area (Å²) in [6, 6.07) is 5.86. The van der Waals surface area contributed by atoms with Crippen molar-refractivity contribution in [2.75, 3.05) is 11.9 Å². The first-order valence-electron chi connectivity index (χ1n) is 7.10. The highest BCUT2D eigenvalue weighted by Gasteiger charge is 2.30. The number of nitro groups is 1. The molecule has 120 valence electrons. The van der Waals surface area contributed by atoms with Gasteiger partial charge in [0, 0.05) is 18.7 Å². The zero-order valence-corrected chi connectivity index (χ0v) is 13.6. The minimum absolute atomic E-state index is 0.0677. The number of carbonyl (C=O) groups excluding carboxylic acids is 1. The van der Waals surface area contributed by atoms with Crippen LogP contribution in [0.2, 0.25) is 5.02 Å². The molecular formula is C15H14ClN3O3S. The fraction of sp³-hybridized carbons (Fsp3) is 0.267. The number of carbonyl (C=O) groups is 1. The molecule has 1 aromatic heterocycles. The van der Waals surface area contributed by atoms with Crippen LogP contribution in [0, 0.1) is 10.1 Å². The Morgan fingerprint density at radius 3 is 2.91 bits per heavy atom. The van der Waals surface area contributed by atoms with E-state index in [-0.39, 0.29) is 22.8 Å². The lowest BCUT2D eigenvalue weighted by Crippen LogP contribution is -2.34. The Bertz CT molecular complexity index is 736. The molecule has 23 heavy (non-hydrogen) atoms. The first-order valence-corrected chi connectivity index (χ1v) is 8.42. The Morgan fingerprint density at radius 1 is 1.43 bits per heavy atom. The van der Waals surface area contributed by atoms with E-state index in [0.717, 1.165) is 18.4 Å². The lowest BCUT2D eigenvalue weighted by atomic mass is 10.1. The monoisotopic (exact) mass is 351 g/mol. The average Bonchev–Trinajstić information content (AvgIpc) is 3.19. The van der Waals surface area contributed by atoms with Crippen molar-refractivity contribution < 1.29 is 9.72 Å². The van der Waals surface area contributed by atoms with Gasteiger partial charge in [0.2, 0.25) is 0 Å². The lowest BCUT2D eigenvalue weighted by Gasteiger charge is -2.24. The van der Waals surface area contributed by atoms with Crippen LogP contribution in [0.1, 0.15) is 24.4 Å². The van der Waals surface area contributed by atoms with Gasteiger partial charge in [0.15, 0.2) is 0 Å². The quantitative estimate of drug-likeness (QED) is 0.644. The number of nitrogens with one attached hydrogen (secondary N) is 1. The Morgan fingerprint density at radius 2 is 2.26 bits per heavy atom. The summed E-state index contributed by atoms with van der Waals surface area (Å²) in [7, 11) is 0. The Hall–Kier alpha value is -2.12. The number of hydrogen-bond donors (Lipinski definition) is 1. The Balaban J connectivity index is 1.75. The fourth-order valence-electron chi connectivity index (χ4n) is 2.73. The molecule has 0 unspecified atom stereocenters. The second-order valence-corrected chi connectivity index (χ2v) is 6.45. The van der Waals surface area contributed by atoms with Gasteiger partial charge >= 0.3 is 6.03 Å². The fourth-order valence-corrected chi connectivity index (χ4v) is 3.66. The van der Waals surface area contributed by atoms with E-state index in [1.165, 1.54) is 18.2 Å². The van der Waals surface area contributed by atoms with E-state index in [1.807, 2.05) is 11.4 Å². The van der Waals surface area contributed by atoms with Gasteiger partial charge in [-0.3, -0.25) is 10.1 Å². The first kappa shape index (κ1) is 15.8. The minimum atomic E-state index is -0.523. The largest absolute Gasteiger partial charge is 0.322 e. The maximum atomic E-state index is 12.5. The topological polar surface area (TPSA) is 75.5 Å². The highest BCUT2D eigenvalue weighted by atomic mass is 35.5. The van der Waals surface area contributed by atoms with Gasteiger partial charge in [-0.15, -0.1) is 0 Å². The maximum absolute atomic E-state index is 12.5.